The van der Waals surface area contributed by atoms with Gasteiger partial charge in [0, 0.05) is 12.8 Å². The van der Waals surface area contributed by atoms with Crippen molar-refractivity contribution in [2.45, 2.75) is 56.7 Å². The van der Waals surface area contributed by atoms with Gasteiger partial charge in [-0.25, -0.2) is 9.97 Å². The van der Waals surface area contributed by atoms with Crippen molar-refractivity contribution in [3.05, 3.63) is 36.2 Å². The molecule has 3 aliphatic carbocycles. The molecule has 2 saturated heterocycles. The topological polar surface area (TPSA) is 85.8 Å². The number of carbonyl (C=O) groups excluding carboxylic acids is 1. The van der Waals surface area contributed by atoms with Gasteiger partial charge in [-0.15, -0.1) is 0 Å². The number of nitrogens with one attached hydrogen (secondary N) is 1. The first kappa shape index (κ1) is 19.9. The molecule has 2 aliphatic heterocycles. The number of benzene rings is 1. The summed E-state index contributed by atoms with van der Waals surface area (Å²) in [4.78, 5) is 24.1. The van der Waals surface area contributed by atoms with Gasteiger partial charge in [0.2, 0.25) is 11.9 Å². The van der Waals surface area contributed by atoms with E-state index < -0.39 is 0 Å². The van der Waals surface area contributed by atoms with Crippen LogP contribution in [0.1, 0.15) is 37.7 Å². The quantitative estimate of drug-likeness (QED) is 0.742. The summed E-state index contributed by atoms with van der Waals surface area (Å²) in [7, 11) is 1.73. The van der Waals surface area contributed by atoms with E-state index in [2.05, 4.69) is 20.2 Å². The molecule has 2 atom stereocenters. The molecule has 1 aromatic heterocycles. The Balaban J connectivity index is 1.10. The number of fused-ring (bicyclic) bond motifs is 2. The second kappa shape index (κ2) is 7.15. The summed E-state index contributed by atoms with van der Waals surface area (Å²) in [5.74, 6) is 2.14. The summed E-state index contributed by atoms with van der Waals surface area (Å²) in [5.41, 5.74) is 1.44. The normalized spacial score (nSPS) is 32.1. The highest BCUT2D eigenvalue weighted by molar-refractivity contribution is 5.98. The van der Waals surface area contributed by atoms with Crippen LogP contribution in [-0.4, -0.2) is 53.9 Å². The Hall–Kier alpha value is -2.71. The third kappa shape index (κ3) is 3.08. The highest BCUT2D eigenvalue weighted by atomic mass is 16.5. The first-order chi connectivity index (χ1) is 15.5. The molecule has 5 fully saturated rings. The van der Waals surface area contributed by atoms with Gasteiger partial charge in [-0.05, 0) is 62.8 Å². The van der Waals surface area contributed by atoms with Crippen molar-refractivity contribution in [1.29, 1.82) is 0 Å². The van der Waals surface area contributed by atoms with Crippen LogP contribution in [0.3, 0.4) is 0 Å². The lowest BCUT2D eigenvalue weighted by Gasteiger charge is -2.67. The zero-order valence-electron chi connectivity index (χ0n) is 18.5. The fourth-order valence-corrected chi connectivity index (χ4v) is 5.83. The van der Waals surface area contributed by atoms with Crippen molar-refractivity contribution >= 4 is 17.5 Å². The molecule has 3 saturated carbocycles. The van der Waals surface area contributed by atoms with E-state index in [4.69, 9.17) is 14.2 Å². The van der Waals surface area contributed by atoms with Gasteiger partial charge in [-0.2, -0.15) is 0 Å². The lowest BCUT2D eigenvalue weighted by molar-refractivity contribution is -0.260. The lowest BCUT2D eigenvalue weighted by Crippen LogP contribution is -2.72. The van der Waals surface area contributed by atoms with Gasteiger partial charge in [0.1, 0.15) is 5.75 Å². The molecule has 2 unspecified atom stereocenters. The van der Waals surface area contributed by atoms with E-state index in [1.807, 2.05) is 25.1 Å². The van der Waals surface area contributed by atoms with Crippen LogP contribution in [0.15, 0.2) is 30.6 Å². The van der Waals surface area contributed by atoms with Crippen molar-refractivity contribution in [2.75, 3.05) is 30.5 Å². The molecule has 8 heteroatoms. The predicted octanol–water partition coefficient (Wildman–Crippen LogP) is 3.45. The Morgan fingerprint density at radius 1 is 1.16 bits per heavy atom. The number of rotatable bonds is 6. The molecule has 7 rings (SSSR count). The minimum absolute atomic E-state index is 0.0378. The van der Waals surface area contributed by atoms with Gasteiger partial charge in [0.25, 0.3) is 0 Å². The molecule has 168 valence electrons. The fourth-order valence-electron chi connectivity index (χ4n) is 5.83. The minimum Gasteiger partial charge on any atom is -0.454 e. The minimum atomic E-state index is -0.238. The Kier molecular flexibility index (Phi) is 4.45. The molecule has 8 nitrogen and oxygen atoms in total. The smallest absolute Gasteiger partial charge is 0.230 e. The molecule has 2 aromatic rings. The standard InChI is InChI=1S/C24H28N4O4/c1-15-7-16(27-21(29)23-12-24(13-23,14-23)30-2)3-6-20(15)32-19-8-25-22(26-9-19)28-17-4-5-18(28)11-31-10-17/h3,6-9,17-18H,4-5,10-14H2,1-2H3,(H,27,29). The zero-order chi connectivity index (χ0) is 21.9. The maximum atomic E-state index is 12.7. The molecule has 4 bridgehead atoms. The van der Waals surface area contributed by atoms with Gasteiger partial charge in [0.15, 0.2) is 5.75 Å². The van der Waals surface area contributed by atoms with E-state index in [-0.39, 0.29) is 16.9 Å². The molecular formula is C24H28N4O4. The van der Waals surface area contributed by atoms with Crippen LogP contribution >= 0.6 is 0 Å². The van der Waals surface area contributed by atoms with Crippen LogP contribution in [0.5, 0.6) is 11.5 Å². The summed E-state index contributed by atoms with van der Waals surface area (Å²) in [6.45, 7) is 3.45. The summed E-state index contributed by atoms with van der Waals surface area (Å²) in [6, 6.07) is 6.43. The molecule has 0 radical (unpaired) electrons. The third-order valence-electron chi connectivity index (χ3n) is 7.64. The largest absolute Gasteiger partial charge is 0.454 e. The van der Waals surface area contributed by atoms with Gasteiger partial charge < -0.3 is 24.4 Å². The van der Waals surface area contributed by atoms with Gasteiger partial charge in [-0.3, -0.25) is 4.79 Å². The number of methoxy groups -OCH3 is 1. The van der Waals surface area contributed by atoms with Crippen LogP contribution in [0.4, 0.5) is 11.6 Å². The first-order valence-corrected chi connectivity index (χ1v) is 11.3. The Labute approximate surface area is 187 Å². The van der Waals surface area contributed by atoms with Crippen molar-refractivity contribution in [3.63, 3.8) is 0 Å². The molecule has 1 aromatic carbocycles. The number of nitrogens with zero attached hydrogens (tertiary/aromatic N) is 3. The number of hydrogen-bond acceptors (Lipinski definition) is 7. The van der Waals surface area contributed by atoms with E-state index in [0.29, 0.717) is 17.8 Å². The highest BCUT2D eigenvalue weighted by Gasteiger charge is 2.72. The Morgan fingerprint density at radius 2 is 1.84 bits per heavy atom. The van der Waals surface area contributed by atoms with Crippen molar-refractivity contribution < 1.29 is 19.0 Å². The molecule has 1 amide bonds. The van der Waals surface area contributed by atoms with Crippen molar-refractivity contribution in [1.82, 2.24) is 9.97 Å². The molecule has 0 spiro atoms. The maximum absolute atomic E-state index is 12.7. The molecule has 3 heterocycles. The highest BCUT2D eigenvalue weighted by Crippen LogP contribution is 2.69. The summed E-state index contributed by atoms with van der Waals surface area (Å²) >= 11 is 0. The van der Waals surface area contributed by atoms with Crippen LogP contribution in [0.25, 0.3) is 0 Å². The number of aromatic nitrogens is 2. The van der Waals surface area contributed by atoms with Gasteiger partial charge in [0.05, 0.1) is 48.7 Å². The van der Waals surface area contributed by atoms with Crippen LogP contribution in [0, 0.1) is 12.3 Å². The van der Waals surface area contributed by atoms with Gasteiger partial charge in [-0.1, -0.05) is 0 Å². The molecular weight excluding hydrogens is 408 g/mol. The number of ether oxygens (including phenoxy) is 3. The first-order valence-electron chi connectivity index (χ1n) is 11.3. The Morgan fingerprint density at radius 3 is 2.47 bits per heavy atom. The summed E-state index contributed by atoms with van der Waals surface area (Å²) < 4.78 is 17.2. The summed E-state index contributed by atoms with van der Waals surface area (Å²) in [6.07, 6.45) is 8.17. The van der Waals surface area contributed by atoms with E-state index in [9.17, 15) is 4.79 Å². The number of anilines is 2. The van der Waals surface area contributed by atoms with E-state index in [0.717, 1.165) is 68.3 Å². The van der Waals surface area contributed by atoms with E-state index >= 15 is 0 Å². The second-order valence-corrected chi connectivity index (χ2v) is 9.78. The molecule has 32 heavy (non-hydrogen) atoms. The SMILES string of the molecule is COC12CC(C(=O)Nc3ccc(Oc4cnc(N5C6CCC5COC6)nc4)c(C)c3)(C1)C2. The maximum Gasteiger partial charge on any atom is 0.230 e. The average Bonchev–Trinajstić information content (AvgIpc) is 2.97. The number of hydrogen-bond donors (Lipinski definition) is 1. The molecule has 1 N–H and O–H groups in total. The molecule has 5 aliphatic rings. The van der Waals surface area contributed by atoms with Crippen LogP contribution < -0.4 is 15.0 Å². The number of carbonyl (C=O) groups is 1. The lowest BCUT2D eigenvalue weighted by atomic mass is 9.40. The van der Waals surface area contributed by atoms with Gasteiger partial charge >= 0.3 is 0 Å². The van der Waals surface area contributed by atoms with E-state index in [1.165, 1.54) is 0 Å². The second-order valence-electron chi connectivity index (χ2n) is 9.78. The van der Waals surface area contributed by atoms with E-state index in [1.54, 1.807) is 19.5 Å². The van der Waals surface area contributed by atoms with Crippen molar-refractivity contribution in [3.8, 4) is 11.5 Å². The van der Waals surface area contributed by atoms with Crippen LogP contribution in [-0.2, 0) is 14.3 Å². The zero-order valence-corrected chi connectivity index (χ0v) is 18.5. The monoisotopic (exact) mass is 436 g/mol. The summed E-state index contributed by atoms with van der Waals surface area (Å²) in [5, 5.41) is 3.06. The number of amides is 1. The predicted molar refractivity (Wildman–Crippen MR) is 118 cm³/mol. The fraction of sp³-hybridized carbons (Fsp3) is 0.542. The Bertz CT molecular complexity index is 1020. The third-order valence-corrected chi connectivity index (χ3v) is 7.64. The van der Waals surface area contributed by atoms with Crippen LogP contribution in [0.2, 0.25) is 0 Å². The number of aryl methyl sites for hydroxylation is 1. The van der Waals surface area contributed by atoms with Crippen molar-refractivity contribution in [2.24, 2.45) is 5.41 Å². The number of morpholine rings is 1. The average molecular weight is 437 g/mol.